The maximum atomic E-state index is 12.6. The highest BCUT2D eigenvalue weighted by atomic mass is 16.6. The van der Waals surface area contributed by atoms with E-state index in [0.717, 1.165) is 89.9 Å². The Hall–Kier alpha value is -2.89. The van der Waals surface area contributed by atoms with Crippen molar-refractivity contribution in [2.45, 2.75) is 181 Å². The third-order valence-corrected chi connectivity index (χ3v) is 8.05. The molecule has 0 aromatic heterocycles. The van der Waals surface area contributed by atoms with Gasteiger partial charge in [-0.1, -0.05) is 159 Å². The number of allylic oxidation sites excluding steroid dienone is 9. The van der Waals surface area contributed by atoms with Crippen molar-refractivity contribution in [1.29, 1.82) is 0 Å². The number of carbonyl (C=O) groups is 3. The van der Waals surface area contributed by atoms with Crippen LogP contribution in [-0.4, -0.2) is 37.2 Å². The summed E-state index contributed by atoms with van der Waals surface area (Å²) in [5.74, 6) is -1.06. The van der Waals surface area contributed by atoms with Gasteiger partial charge >= 0.3 is 17.9 Å². The highest BCUT2D eigenvalue weighted by molar-refractivity contribution is 5.72. The first-order valence-corrected chi connectivity index (χ1v) is 19.8. The first-order chi connectivity index (χ1) is 24.0. The fraction of sp³-hybridized carbons (Fsp3) is 0.698. The molecule has 0 amide bonds. The molecule has 0 fully saturated rings. The van der Waals surface area contributed by atoms with E-state index in [-0.39, 0.29) is 31.6 Å². The number of esters is 3. The third-order valence-electron chi connectivity index (χ3n) is 8.05. The van der Waals surface area contributed by atoms with Gasteiger partial charge in [0.25, 0.3) is 0 Å². The number of unbranched alkanes of at least 4 members (excludes halogenated alkanes) is 14. The zero-order chi connectivity index (χ0) is 35.9. The van der Waals surface area contributed by atoms with E-state index >= 15 is 0 Å². The minimum atomic E-state index is -0.808. The van der Waals surface area contributed by atoms with Crippen LogP contribution in [0.2, 0.25) is 0 Å². The molecule has 6 nitrogen and oxygen atoms in total. The molecule has 0 bridgehead atoms. The molecule has 0 N–H and O–H groups in total. The predicted octanol–water partition coefficient (Wildman–Crippen LogP) is 12.2. The van der Waals surface area contributed by atoms with Crippen molar-refractivity contribution >= 4 is 17.9 Å². The van der Waals surface area contributed by atoms with Crippen LogP contribution >= 0.6 is 0 Å². The normalized spacial score (nSPS) is 12.6. The van der Waals surface area contributed by atoms with E-state index in [0.29, 0.717) is 12.8 Å². The smallest absolute Gasteiger partial charge is 0.309 e. The Labute approximate surface area is 300 Å². The summed E-state index contributed by atoms with van der Waals surface area (Å²) in [4.78, 5) is 37.4. The van der Waals surface area contributed by atoms with Crippen LogP contribution in [0, 0.1) is 0 Å². The summed E-state index contributed by atoms with van der Waals surface area (Å²) in [6, 6.07) is 0. The van der Waals surface area contributed by atoms with Gasteiger partial charge in [-0.2, -0.15) is 0 Å². The minimum Gasteiger partial charge on any atom is -0.462 e. The van der Waals surface area contributed by atoms with Gasteiger partial charge < -0.3 is 14.2 Å². The summed E-state index contributed by atoms with van der Waals surface area (Å²) in [5.41, 5.74) is 0. The predicted molar refractivity (Wildman–Crippen MR) is 205 cm³/mol. The summed E-state index contributed by atoms with van der Waals surface area (Å²) in [7, 11) is 0. The van der Waals surface area contributed by atoms with E-state index in [4.69, 9.17) is 14.2 Å². The highest BCUT2D eigenvalue weighted by Gasteiger charge is 2.19. The fourth-order valence-electron chi connectivity index (χ4n) is 5.13. The summed E-state index contributed by atoms with van der Waals surface area (Å²) in [5, 5.41) is 0. The zero-order valence-corrected chi connectivity index (χ0v) is 31.7. The second kappa shape index (κ2) is 37.9. The molecule has 280 valence electrons. The van der Waals surface area contributed by atoms with E-state index in [1.807, 2.05) is 6.08 Å². The van der Waals surface area contributed by atoms with Crippen molar-refractivity contribution in [3.8, 4) is 0 Å². The molecule has 0 aliphatic rings. The molecule has 0 aliphatic heterocycles. The number of hydrogen-bond acceptors (Lipinski definition) is 6. The van der Waals surface area contributed by atoms with Gasteiger partial charge in [-0.3, -0.25) is 14.4 Å². The Morgan fingerprint density at radius 3 is 1.43 bits per heavy atom. The Balaban J connectivity index is 4.48. The SMILES string of the molecule is CC/C=C\C/C=C\C/C=C\CC(=O)OCC(COC(=O)CCCCCCC/C=C\C/C=C\CC)OC(=O)CCCCCCCCCCCC. The van der Waals surface area contributed by atoms with Crippen LogP contribution in [0.4, 0.5) is 0 Å². The fourth-order valence-corrected chi connectivity index (χ4v) is 5.13. The van der Waals surface area contributed by atoms with Gasteiger partial charge in [0.1, 0.15) is 13.2 Å². The molecule has 0 heterocycles. The van der Waals surface area contributed by atoms with Gasteiger partial charge in [0.2, 0.25) is 0 Å². The quantitative estimate of drug-likeness (QED) is 0.0290. The molecule has 0 radical (unpaired) electrons. The highest BCUT2D eigenvalue weighted by Crippen LogP contribution is 2.13. The monoisotopic (exact) mass is 685 g/mol. The average Bonchev–Trinajstić information content (AvgIpc) is 3.10. The lowest BCUT2D eigenvalue weighted by Crippen LogP contribution is -2.30. The van der Waals surface area contributed by atoms with Gasteiger partial charge in [0.05, 0.1) is 6.42 Å². The van der Waals surface area contributed by atoms with Crippen LogP contribution in [0.5, 0.6) is 0 Å². The van der Waals surface area contributed by atoms with Crippen molar-refractivity contribution < 1.29 is 28.6 Å². The number of rotatable bonds is 34. The molecule has 0 aliphatic carbocycles. The first kappa shape index (κ1) is 46.1. The summed E-state index contributed by atoms with van der Waals surface area (Å²) < 4.78 is 16.5. The van der Waals surface area contributed by atoms with Gasteiger partial charge in [-0.25, -0.2) is 0 Å². The lowest BCUT2D eigenvalue weighted by Gasteiger charge is -2.18. The molecule has 0 aromatic carbocycles. The molecule has 0 saturated heterocycles. The van der Waals surface area contributed by atoms with E-state index in [1.165, 1.54) is 44.9 Å². The largest absolute Gasteiger partial charge is 0.462 e. The van der Waals surface area contributed by atoms with Crippen LogP contribution in [0.25, 0.3) is 0 Å². The maximum Gasteiger partial charge on any atom is 0.309 e. The van der Waals surface area contributed by atoms with E-state index in [2.05, 4.69) is 69.4 Å². The minimum absolute atomic E-state index is 0.108. The third kappa shape index (κ3) is 36.2. The zero-order valence-electron chi connectivity index (χ0n) is 31.7. The molecule has 6 heteroatoms. The van der Waals surface area contributed by atoms with Gasteiger partial charge in [0.15, 0.2) is 6.10 Å². The van der Waals surface area contributed by atoms with Crippen molar-refractivity contribution in [2.24, 2.45) is 0 Å². The standard InChI is InChI=1S/C43H72O6/c1-4-7-10-13-16-19-21-22-25-27-30-33-36-42(45)48-39-40(38-47-41(44)35-32-29-26-23-18-15-12-9-6-3)49-43(46)37-34-31-28-24-20-17-14-11-8-5-2/h7,9-10,12,16,18-19,23,29,32,40H,4-6,8,11,13-15,17,20-22,24-28,30-31,33-39H2,1-3H3/b10-7-,12-9-,19-16-,23-18-,32-29-. The van der Waals surface area contributed by atoms with Crippen molar-refractivity contribution in [3.05, 3.63) is 60.8 Å². The molecule has 0 saturated carbocycles. The van der Waals surface area contributed by atoms with Crippen LogP contribution in [-0.2, 0) is 28.6 Å². The van der Waals surface area contributed by atoms with E-state index < -0.39 is 12.1 Å². The lowest BCUT2D eigenvalue weighted by atomic mass is 10.1. The Morgan fingerprint density at radius 2 is 0.878 bits per heavy atom. The Morgan fingerprint density at radius 1 is 0.449 bits per heavy atom. The molecule has 0 rings (SSSR count). The summed E-state index contributed by atoms with van der Waals surface area (Å²) in [6.45, 7) is 6.25. The van der Waals surface area contributed by atoms with Gasteiger partial charge in [-0.05, 0) is 57.8 Å². The second-order valence-corrected chi connectivity index (χ2v) is 12.8. The summed E-state index contributed by atoms with van der Waals surface area (Å²) in [6.07, 6.45) is 43.8. The number of hydrogen-bond donors (Lipinski definition) is 0. The molecule has 49 heavy (non-hydrogen) atoms. The van der Waals surface area contributed by atoms with Crippen LogP contribution < -0.4 is 0 Å². The molecule has 1 atom stereocenters. The van der Waals surface area contributed by atoms with Gasteiger partial charge in [-0.15, -0.1) is 0 Å². The molecular weight excluding hydrogens is 612 g/mol. The lowest BCUT2D eigenvalue weighted by molar-refractivity contribution is -0.166. The van der Waals surface area contributed by atoms with Crippen LogP contribution in [0.15, 0.2) is 60.8 Å². The van der Waals surface area contributed by atoms with Crippen molar-refractivity contribution in [2.75, 3.05) is 13.2 Å². The average molecular weight is 685 g/mol. The number of ether oxygens (including phenoxy) is 3. The molecular formula is C43H72O6. The first-order valence-electron chi connectivity index (χ1n) is 19.8. The van der Waals surface area contributed by atoms with Crippen LogP contribution in [0.3, 0.4) is 0 Å². The van der Waals surface area contributed by atoms with Gasteiger partial charge in [0, 0.05) is 12.8 Å². The Kier molecular flexibility index (Phi) is 35.7. The number of carbonyl (C=O) groups excluding carboxylic acids is 3. The second-order valence-electron chi connectivity index (χ2n) is 12.8. The topological polar surface area (TPSA) is 78.9 Å². The van der Waals surface area contributed by atoms with E-state index in [9.17, 15) is 14.4 Å². The Bertz CT molecular complexity index is 929. The molecule has 0 aromatic rings. The van der Waals surface area contributed by atoms with Crippen molar-refractivity contribution in [1.82, 2.24) is 0 Å². The maximum absolute atomic E-state index is 12.6. The van der Waals surface area contributed by atoms with Crippen LogP contribution in [0.1, 0.15) is 175 Å². The summed E-state index contributed by atoms with van der Waals surface area (Å²) >= 11 is 0. The van der Waals surface area contributed by atoms with E-state index in [1.54, 1.807) is 6.08 Å². The molecule has 1 unspecified atom stereocenters. The molecule has 0 spiro atoms. The van der Waals surface area contributed by atoms with Crippen molar-refractivity contribution in [3.63, 3.8) is 0 Å².